The first-order valence-electron chi connectivity index (χ1n) is 6.54. The topological polar surface area (TPSA) is 29.1 Å². The number of rotatable bonds is 5. The number of amides is 1. The van der Waals surface area contributed by atoms with E-state index in [9.17, 15) is 4.79 Å². The third kappa shape index (κ3) is 4.40. The van der Waals surface area contributed by atoms with Crippen LogP contribution in [-0.4, -0.2) is 11.7 Å². The molecule has 0 aromatic heterocycles. The Morgan fingerprint density at radius 2 is 1.90 bits per heavy atom. The molecule has 21 heavy (non-hydrogen) atoms. The summed E-state index contributed by atoms with van der Waals surface area (Å²) in [6, 6.07) is 14.4. The highest BCUT2D eigenvalue weighted by atomic mass is 35.5. The molecular formula is C16H15Cl2NOS. The van der Waals surface area contributed by atoms with Crippen molar-refractivity contribution in [3.8, 4) is 0 Å². The molecule has 1 unspecified atom stereocenters. The van der Waals surface area contributed by atoms with E-state index >= 15 is 0 Å². The fourth-order valence-corrected chi connectivity index (χ4v) is 3.37. The lowest BCUT2D eigenvalue weighted by Crippen LogP contribution is -2.27. The van der Waals surface area contributed by atoms with Crippen molar-refractivity contribution in [2.45, 2.75) is 12.3 Å². The molecule has 2 aromatic rings. The summed E-state index contributed by atoms with van der Waals surface area (Å²) in [4.78, 5) is 12.3. The lowest BCUT2D eigenvalue weighted by atomic mass is 10.2. The summed E-state index contributed by atoms with van der Waals surface area (Å²) in [6.07, 6.45) is 0. The van der Waals surface area contributed by atoms with Gasteiger partial charge in [-0.1, -0.05) is 54.4 Å². The van der Waals surface area contributed by atoms with Crippen LogP contribution in [0.5, 0.6) is 0 Å². The van der Waals surface area contributed by atoms with Gasteiger partial charge < -0.3 is 5.32 Å². The SMILES string of the molecule is CCSC(NC(=O)c1ccccc1)c1ccc(Cl)cc1Cl. The highest BCUT2D eigenvalue weighted by molar-refractivity contribution is 7.99. The van der Waals surface area contributed by atoms with Crippen LogP contribution in [0.2, 0.25) is 10.0 Å². The minimum atomic E-state index is -0.201. The summed E-state index contributed by atoms with van der Waals surface area (Å²) in [7, 11) is 0. The second-order valence-electron chi connectivity index (χ2n) is 4.34. The molecule has 1 N–H and O–H groups in total. The van der Waals surface area contributed by atoms with Crippen LogP contribution in [0.15, 0.2) is 48.5 Å². The fraction of sp³-hybridized carbons (Fsp3) is 0.188. The fourth-order valence-electron chi connectivity index (χ4n) is 1.88. The van der Waals surface area contributed by atoms with Gasteiger partial charge in [-0.05, 0) is 30.0 Å². The zero-order valence-corrected chi connectivity index (χ0v) is 13.8. The van der Waals surface area contributed by atoms with Crippen molar-refractivity contribution >= 4 is 40.9 Å². The molecule has 1 atom stereocenters. The third-order valence-corrected chi connectivity index (χ3v) is 4.48. The zero-order valence-electron chi connectivity index (χ0n) is 11.5. The van der Waals surface area contributed by atoms with Gasteiger partial charge in [-0.2, -0.15) is 0 Å². The van der Waals surface area contributed by atoms with E-state index in [1.807, 2.05) is 31.2 Å². The highest BCUT2D eigenvalue weighted by Crippen LogP contribution is 2.33. The van der Waals surface area contributed by atoms with E-state index in [-0.39, 0.29) is 11.3 Å². The van der Waals surface area contributed by atoms with Crippen LogP contribution in [0, 0.1) is 0 Å². The Labute approximate surface area is 138 Å². The lowest BCUT2D eigenvalue weighted by Gasteiger charge is -2.19. The Morgan fingerprint density at radius 1 is 1.19 bits per heavy atom. The Kier molecular flexibility index (Phi) is 5.97. The van der Waals surface area contributed by atoms with E-state index in [1.165, 1.54) is 0 Å². The summed E-state index contributed by atoms with van der Waals surface area (Å²) in [5.41, 5.74) is 1.49. The highest BCUT2D eigenvalue weighted by Gasteiger charge is 2.18. The summed E-state index contributed by atoms with van der Waals surface area (Å²) in [5.74, 6) is 0.742. The molecule has 5 heteroatoms. The maximum Gasteiger partial charge on any atom is 0.252 e. The van der Waals surface area contributed by atoms with E-state index in [4.69, 9.17) is 23.2 Å². The van der Waals surface area contributed by atoms with Gasteiger partial charge in [0.25, 0.3) is 5.91 Å². The maximum atomic E-state index is 12.3. The predicted octanol–water partition coefficient (Wildman–Crippen LogP) is 5.18. The van der Waals surface area contributed by atoms with Crippen LogP contribution in [0.4, 0.5) is 0 Å². The molecule has 0 heterocycles. The van der Waals surface area contributed by atoms with Crippen molar-refractivity contribution in [2.75, 3.05) is 5.75 Å². The molecule has 2 rings (SSSR count). The first kappa shape index (κ1) is 16.2. The number of carbonyl (C=O) groups excluding carboxylic acids is 1. The number of carbonyl (C=O) groups is 1. The van der Waals surface area contributed by atoms with Crippen molar-refractivity contribution in [2.24, 2.45) is 0 Å². The minimum Gasteiger partial charge on any atom is -0.336 e. The average Bonchev–Trinajstić information content (AvgIpc) is 2.48. The minimum absolute atomic E-state index is 0.118. The summed E-state index contributed by atoms with van der Waals surface area (Å²) >= 11 is 13.8. The molecular weight excluding hydrogens is 325 g/mol. The number of benzene rings is 2. The second kappa shape index (κ2) is 7.74. The van der Waals surface area contributed by atoms with Gasteiger partial charge in [-0.3, -0.25) is 4.79 Å². The maximum absolute atomic E-state index is 12.3. The quantitative estimate of drug-likeness (QED) is 0.761. The number of halogens is 2. The van der Waals surface area contributed by atoms with Gasteiger partial charge in [0.1, 0.15) is 5.37 Å². The van der Waals surface area contributed by atoms with Gasteiger partial charge in [0.15, 0.2) is 0 Å². The number of nitrogens with one attached hydrogen (secondary N) is 1. The molecule has 0 bridgehead atoms. The standard InChI is InChI=1S/C16H15Cl2NOS/c1-2-21-16(13-9-8-12(17)10-14(13)18)19-15(20)11-6-4-3-5-7-11/h3-10,16H,2H2,1H3,(H,19,20). The third-order valence-electron chi connectivity index (χ3n) is 2.88. The Bertz CT molecular complexity index is 619. The van der Waals surface area contributed by atoms with Crippen molar-refractivity contribution in [1.29, 1.82) is 0 Å². The molecule has 0 radical (unpaired) electrons. The summed E-state index contributed by atoms with van der Waals surface area (Å²) in [6.45, 7) is 2.04. The van der Waals surface area contributed by atoms with Crippen molar-refractivity contribution < 1.29 is 4.79 Å². The first-order chi connectivity index (χ1) is 10.1. The molecule has 0 aliphatic rings. The second-order valence-corrected chi connectivity index (χ2v) is 6.57. The first-order valence-corrected chi connectivity index (χ1v) is 8.34. The number of hydrogen-bond donors (Lipinski definition) is 1. The molecule has 0 spiro atoms. The van der Waals surface area contributed by atoms with Crippen LogP contribution in [-0.2, 0) is 0 Å². The summed E-state index contributed by atoms with van der Waals surface area (Å²) in [5, 5.41) is 3.94. The summed E-state index contributed by atoms with van der Waals surface area (Å²) < 4.78 is 0. The molecule has 0 aliphatic carbocycles. The molecule has 2 nitrogen and oxygen atoms in total. The molecule has 1 amide bonds. The van der Waals surface area contributed by atoms with Crippen LogP contribution in [0.1, 0.15) is 28.2 Å². The zero-order chi connectivity index (χ0) is 15.2. The van der Waals surface area contributed by atoms with E-state index < -0.39 is 0 Å². The van der Waals surface area contributed by atoms with Crippen molar-refractivity contribution in [3.63, 3.8) is 0 Å². The molecule has 110 valence electrons. The normalized spacial score (nSPS) is 12.0. The molecule has 0 fully saturated rings. The van der Waals surface area contributed by atoms with Gasteiger partial charge in [0, 0.05) is 21.2 Å². The van der Waals surface area contributed by atoms with Gasteiger partial charge in [-0.15, -0.1) is 11.8 Å². The predicted molar refractivity (Wildman–Crippen MR) is 91.2 cm³/mol. The van der Waals surface area contributed by atoms with Crippen LogP contribution >= 0.6 is 35.0 Å². The Morgan fingerprint density at radius 3 is 2.52 bits per heavy atom. The molecule has 0 aliphatic heterocycles. The van der Waals surface area contributed by atoms with Crippen LogP contribution < -0.4 is 5.32 Å². The Hall–Kier alpha value is -1.16. The number of thioether (sulfide) groups is 1. The van der Waals surface area contributed by atoms with Gasteiger partial charge in [0.05, 0.1) is 0 Å². The van der Waals surface area contributed by atoms with E-state index in [0.717, 1.165) is 11.3 Å². The largest absolute Gasteiger partial charge is 0.336 e. The lowest BCUT2D eigenvalue weighted by molar-refractivity contribution is 0.0949. The molecule has 2 aromatic carbocycles. The molecule has 0 saturated carbocycles. The van der Waals surface area contributed by atoms with E-state index in [2.05, 4.69) is 5.32 Å². The van der Waals surface area contributed by atoms with E-state index in [1.54, 1.807) is 36.0 Å². The Balaban J connectivity index is 2.21. The smallest absolute Gasteiger partial charge is 0.252 e. The van der Waals surface area contributed by atoms with Gasteiger partial charge in [-0.25, -0.2) is 0 Å². The molecule has 0 saturated heterocycles. The van der Waals surface area contributed by atoms with E-state index in [0.29, 0.717) is 15.6 Å². The van der Waals surface area contributed by atoms with Gasteiger partial charge in [0.2, 0.25) is 0 Å². The monoisotopic (exact) mass is 339 g/mol. The van der Waals surface area contributed by atoms with Gasteiger partial charge >= 0.3 is 0 Å². The average molecular weight is 340 g/mol. The van der Waals surface area contributed by atoms with Crippen LogP contribution in [0.3, 0.4) is 0 Å². The number of hydrogen-bond acceptors (Lipinski definition) is 2. The van der Waals surface area contributed by atoms with Crippen molar-refractivity contribution in [3.05, 3.63) is 69.7 Å². The van der Waals surface area contributed by atoms with Crippen molar-refractivity contribution in [1.82, 2.24) is 5.32 Å². The van der Waals surface area contributed by atoms with Crippen LogP contribution in [0.25, 0.3) is 0 Å².